The number of likely N-dealkylation sites (tertiary alicyclic amines) is 1. The maximum absolute atomic E-state index is 12.9. The van der Waals surface area contributed by atoms with E-state index in [0.29, 0.717) is 5.92 Å². The third-order valence-corrected chi connectivity index (χ3v) is 3.92. The molecule has 1 fully saturated rings. The van der Waals surface area contributed by atoms with Gasteiger partial charge in [0.05, 0.1) is 17.9 Å². The lowest BCUT2D eigenvalue weighted by Gasteiger charge is -2.27. The van der Waals surface area contributed by atoms with Gasteiger partial charge in [0.2, 0.25) is 0 Å². The molecule has 0 saturated carbocycles. The minimum Gasteiger partial charge on any atom is -0.328 e. The van der Waals surface area contributed by atoms with Gasteiger partial charge in [0.1, 0.15) is 5.82 Å². The lowest BCUT2D eigenvalue weighted by atomic mass is 10.0. The molecule has 0 radical (unpaired) electrons. The van der Waals surface area contributed by atoms with Crippen molar-refractivity contribution in [2.45, 2.75) is 38.8 Å². The summed E-state index contributed by atoms with van der Waals surface area (Å²) in [6, 6.07) is 3.82. The van der Waals surface area contributed by atoms with Gasteiger partial charge in [-0.05, 0) is 44.4 Å². The molecule has 2 N–H and O–H groups in total. The Morgan fingerprint density at radius 1 is 1.56 bits per heavy atom. The fraction of sp³-hybridized carbons (Fsp3) is 0.643. The molecule has 3 atom stereocenters. The molecular weight excluding hydrogens is 229 g/mol. The first-order chi connectivity index (χ1) is 8.61. The molecule has 100 valence electrons. The summed E-state index contributed by atoms with van der Waals surface area (Å²) in [4.78, 5) is 6.64. The second kappa shape index (κ2) is 5.76. The number of halogens is 1. The lowest BCUT2D eigenvalue weighted by molar-refractivity contribution is 0.222. The molecule has 0 spiro atoms. The molecule has 1 saturated heterocycles. The van der Waals surface area contributed by atoms with E-state index in [-0.39, 0.29) is 17.9 Å². The normalized spacial score (nSPS) is 24.1. The van der Waals surface area contributed by atoms with Crippen molar-refractivity contribution in [1.29, 1.82) is 0 Å². The summed E-state index contributed by atoms with van der Waals surface area (Å²) in [6.07, 6.45) is 3.44. The van der Waals surface area contributed by atoms with Crippen LogP contribution in [-0.2, 0) is 0 Å². The Hall–Kier alpha value is -1.00. The van der Waals surface area contributed by atoms with Crippen LogP contribution in [0, 0.1) is 11.7 Å². The van der Waals surface area contributed by atoms with Gasteiger partial charge >= 0.3 is 0 Å². The summed E-state index contributed by atoms with van der Waals surface area (Å²) in [5, 5.41) is 0. The maximum Gasteiger partial charge on any atom is 0.141 e. The van der Waals surface area contributed by atoms with E-state index < -0.39 is 0 Å². The van der Waals surface area contributed by atoms with Crippen molar-refractivity contribution >= 4 is 0 Å². The molecule has 1 aromatic heterocycles. The quantitative estimate of drug-likeness (QED) is 0.893. The van der Waals surface area contributed by atoms with Crippen molar-refractivity contribution in [3.8, 4) is 0 Å². The van der Waals surface area contributed by atoms with Gasteiger partial charge in [-0.25, -0.2) is 4.39 Å². The molecule has 1 aliphatic rings. The molecule has 0 aromatic carbocycles. The average molecular weight is 251 g/mol. The summed E-state index contributed by atoms with van der Waals surface area (Å²) in [5.74, 6) is 0.294. The minimum absolute atomic E-state index is 0.244. The van der Waals surface area contributed by atoms with Gasteiger partial charge in [0.15, 0.2) is 0 Å². The lowest BCUT2D eigenvalue weighted by Crippen LogP contribution is -2.31. The summed E-state index contributed by atoms with van der Waals surface area (Å²) in [7, 11) is 0. The van der Waals surface area contributed by atoms with Gasteiger partial charge in [-0.3, -0.25) is 9.88 Å². The molecule has 4 heteroatoms. The Morgan fingerprint density at radius 3 is 2.83 bits per heavy atom. The van der Waals surface area contributed by atoms with E-state index in [4.69, 9.17) is 5.73 Å². The molecule has 1 aliphatic heterocycles. The van der Waals surface area contributed by atoms with E-state index in [1.165, 1.54) is 12.3 Å². The number of pyridine rings is 1. The summed E-state index contributed by atoms with van der Waals surface area (Å²) < 4.78 is 12.9. The van der Waals surface area contributed by atoms with Gasteiger partial charge < -0.3 is 5.73 Å². The molecule has 0 aliphatic carbocycles. The zero-order valence-corrected chi connectivity index (χ0v) is 11.1. The molecular formula is C14H22FN3. The van der Waals surface area contributed by atoms with Gasteiger partial charge in [0.25, 0.3) is 0 Å². The van der Waals surface area contributed by atoms with E-state index in [1.54, 1.807) is 6.07 Å². The van der Waals surface area contributed by atoms with Gasteiger partial charge in [-0.2, -0.15) is 0 Å². The first kappa shape index (κ1) is 13.4. The Bertz CT molecular complexity index is 377. The topological polar surface area (TPSA) is 42.2 Å². The van der Waals surface area contributed by atoms with Crippen molar-refractivity contribution in [3.05, 3.63) is 29.8 Å². The Labute approximate surface area is 108 Å². The highest BCUT2D eigenvalue weighted by molar-refractivity contribution is 5.10. The Balaban J connectivity index is 2.08. The van der Waals surface area contributed by atoms with Crippen LogP contribution >= 0.6 is 0 Å². The summed E-state index contributed by atoms with van der Waals surface area (Å²) >= 11 is 0. The van der Waals surface area contributed by atoms with Crippen molar-refractivity contribution in [2.24, 2.45) is 11.7 Å². The molecule has 18 heavy (non-hydrogen) atoms. The highest BCUT2D eigenvalue weighted by Crippen LogP contribution is 2.29. The van der Waals surface area contributed by atoms with Crippen LogP contribution in [0.5, 0.6) is 0 Å². The summed E-state index contributed by atoms with van der Waals surface area (Å²) in [5.41, 5.74) is 6.93. The number of rotatable bonds is 4. The standard InChI is InChI=1S/C14H22FN3/c1-3-14(13-5-4-12(15)8-17-13)18-7-6-11(9-18)10(2)16/h4-5,8,10-11,14H,3,6-7,9,16H2,1-2H3. The van der Waals surface area contributed by atoms with Crippen molar-refractivity contribution < 1.29 is 4.39 Å². The van der Waals surface area contributed by atoms with Crippen LogP contribution in [0.4, 0.5) is 4.39 Å². The minimum atomic E-state index is -0.275. The van der Waals surface area contributed by atoms with Crippen LogP contribution in [0.3, 0.4) is 0 Å². The highest BCUT2D eigenvalue weighted by Gasteiger charge is 2.30. The molecule has 3 nitrogen and oxygen atoms in total. The predicted octanol–water partition coefficient (Wildman–Crippen LogP) is 2.34. The summed E-state index contributed by atoms with van der Waals surface area (Å²) in [6.45, 7) is 6.30. The van der Waals surface area contributed by atoms with Crippen molar-refractivity contribution in [3.63, 3.8) is 0 Å². The third kappa shape index (κ3) is 2.87. The van der Waals surface area contributed by atoms with Crippen LogP contribution in [0.15, 0.2) is 18.3 Å². The fourth-order valence-corrected chi connectivity index (χ4v) is 2.77. The second-order valence-corrected chi connectivity index (χ2v) is 5.23. The number of hydrogen-bond donors (Lipinski definition) is 1. The smallest absolute Gasteiger partial charge is 0.141 e. The molecule has 2 heterocycles. The van der Waals surface area contributed by atoms with Crippen LogP contribution < -0.4 is 5.73 Å². The number of nitrogens with two attached hydrogens (primary N) is 1. The zero-order valence-electron chi connectivity index (χ0n) is 11.1. The average Bonchev–Trinajstić information content (AvgIpc) is 2.82. The zero-order chi connectivity index (χ0) is 13.1. The van der Waals surface area contributed by atoms with E-state index in [2.05, 4.69) is 23.7 Å². The molecule has 0 amide bonds. The molecule has 0 bridgehead atoms. The SMILES string of the molecule is CCC(c1ccc(F)cn1)N1CCC(C(C)N)C1. The Morgan fingerprint density at radius 2 is 2.33 bits per heavy atom. The van der Waals surface area contributed by atoms with Gasteiger partial charge in [0, 0.05) is 12.6 Å². The van der Waals surface area contributed by atoms with Gasteiger partial charge in [-0.15, -0.1) is 0 Å². The van der Waals surface area contributed by atoms with Crippen molar-refractivity contribution in [1.82, 2.24) is 9.88 Å². The first-order valence-electron chi connectivity index (χ1n) is 6.73. The second-order valence-electron chi connectivity index (χ2n) is 5.23. The molecule has 2 rings (SSSR count). The number of aromatic nitrogens is 1. The maximum atomic E-state index is 12.9. The van der Waals surface area contributed by atoms with Crippen LogP contribution in [0.1, 0.15) is 38.4 Å². The third-order valence-electron chi connectivity index (χ3n) is 3.92. The predicted molar refractivity (Wildman–Crippen MR) is 70.6 cm³/mol. The van der Waals surface area contributed by atoms with Crippen LogP contribution in [0.25, 0.3) is 0 Å². The van der Waals surface area contributed by atoms with Crippen LogP contribution in [-0.4, -0.2) is 29.0 Å². The van der Waals surface area contributed by atoms with E-state index in [9.17, 15) is 4.39 Å². The molecule has 3 unspecified atom stereocenters. The Kier molecular flexibility index (Phi) is 4.30. The van der Waals surface area contributed by atoms with E-state index in [1.807, 2.05) is 0 Å². The monoisotopic (exact) mass is 251 g/mol. The van der Waals surface area contributed by atoms with E-state index >= 15 is 0 Å². The van der Waals surface area contributed by atoms with Gasteiger partial charge in [-0.1, -0.05) is 6.92 Å². The number of hydrogen-bond acceptors (Lipinski definition) is 3. The van der Waals surface area contributed by atoms with Crippen molar-refractivity contribution in [2.75, 3.05) is 13.1 Å². The number of nitrogens with zero attached hydrogens (tertiary/aromatic N) is 2. The van der Waals surface area contributed by atoms with Crippen LogP contribution in [0.2, 0.25) is 0 Å². The molecule has 1 aromatic rings. The van der Waals surface area contributed by atoms with E-state index in [0.717, 1.165) is 31.6 Å². The highest BCUT2D eigenvalue weighted by atomic mass is 19.1. The first-order valence-corrected chi connectivity index (χ1v) is 6.73. The fourth-order valence-electron chi connectivity index (χ4n) is 2.77. The largest absolute Gasteiger partial charge is 0.328 e.